The van der Waals surface area contributed by atoms with Crippen molar-refractivity contribution in [3.05, 3.63) is 58.1 Å². The summed E-state index contributed by atoms with van der Waals surface area (Å²) in [5.41, 5.74) is 1.52. The van der Waals surface area contributed by atoms with Crippen molar-refractivity contribution in [3.63, 3.8) is 0 Å². The molecule has 136 valence electrons. The lowest BCUT2D eigenvalue weighted by Gasteiger charge is -2.13. The van der Waals surface area contributed by atoms with Crippen LogP contribution in [0.5, 0.6) is 5.75 Å². The highest BCUT2D eigenvalue weighted by Gasteiger charge is 2.36. The third-order valence-corrected chi connectivity index (χ3v) is 4.73. The summed E-state index contributed by atoms with van der Waals surface area (Å²) in [4.78, 5) is 27.2. The van der Waals surface area contributed by atoms with Crippen molar-refractivity contribution in [2.75, 3.05) is 23.9 Å². The molecule has 2 aromatic carbocycles. The third kappa shape index (κ3) is 3.32. The number of likely N-dealkylation sites (N-methyl/N-ethyl adjacent to an activating group) is 1. The van der Waals surface area contributed by atoms with Crippen LogP contribution in [0.3, 0.4) is 0 Å². The quantitative estimate of drug-likeness (QED) is 0.597. The van der Waals surface area contributed by atoms with Crippen LogP contribution in [-0.2, 0) is 9.59 Å². The van der Waals surface area contributed by atoms with E-state index < -0.39 is 5.91 Å². The van der Waals surface area contributed by atoms with Gasteiger partial charge in [-0.15, -0.1) is 0 Å². The van der Waals surface area contributed by atoms with Gasteiger partial charge in [0, 0.05) is 16.6 Å². The first-order valence-electron chi connectivity index (χ1n) is 8.22. The maximum Gasteiger partial charge on any atom is 0.267 e. The van der Waals surface area contributed by atoms with Crippen molar-refractivity contribution in [1.29, 1.82) is 5.26 Å². The standard InChI is InChI=1S/C20H16BrN3O3/c1-3-24-16-9-8-12(21)10-13(16)18(20(24)26)14(11-22)19(25)23-15-6-4-5-7-17(15)27-2/h4-10H,3H2,1-2H3,(H,23,25)/b18-14+. The van der Waals surface area contributed by atoms with Gasteiger partial charge in [0.25, 0.3) is 11.8 Å². The van der Waals surface area contributed by atoms with E-state index in [9.17, 15) is 14.9 Å². The molecule has 0 spiro atoms. The number of hydrogen-bond donors (Lipinski definition) is 1. The van der Waals surface area contributed by atoms with Gasteiger partial charge in [-0.1, -0.05) is 28.1 Å². The Morgan fingerprint density at radius 3 is 2.70 bits per heavy atom. The van der Waals surface area contributed by atoms with Gasteiger partial charge < -0.3 is 15.0 Å². The number of fused-ring (bicyclic) bond motifs is 1. The topological polar surface area (TPSA) is 82.4 Å². The molecular formula is C20H16BrN3O3. The van der Waals surface area contributed by atoms with Gasteiger partial charge in [0.15, 0.2) is 0 Å². The summed E-state index contributed by atoms with van der Waals surface area (Å²) in [6.45, 7) is 2.28. The average Bonchev–Trinajstić information content (AvgIpc) is 2.94. The summed E-state index contributed by atoms with van der Waals surface area (Å²) in [5.74, 6) is -0.559. The zero-order chi connectivity index (χ0) is 19.6. The highest BCUT2D eigenvalue weighted by Crippen LogP contribution is 2.40. The minimum atomic E-state index is -0.658. The van der Waals surface area contributed by atoms with Gasteiger partial charge in [-0.3, -0.25) is 9.59 Å². The zero-order valence-corrected chi connectivity index (χ0v) is 16.3. The molecule has 27 heavy (non-hydrogen) atoms. The van der Waals surface area contributed by atoms with Crippen LogP contribution in [0.1, 0.15) is 12.5 Å². The SMILES string of the molecule is CCN1C(=O)/C(=C(\C#N)C(=O)Nc2ccccc2OC)c2cc(Br)ccc21. The van der Waals surface area contributed by atoms with Crippen LogP contribution in [0.15, 0.2) is 52.5 Å². The van der Waals surface area contributed by atoms with E-state index in [4.69, 9.17) is 4.74 Å². The summed E-state index contributed by atoms with van der Waals surface area (Å²) < 4.78 is 5.97. The maximum absolute atomic E-state index is 12.9. The van der Waals surface area contributed by atoms with Crippen molar-refractivity contribution in [2.45, 2.75) is 6.92 Å². The Kier molecular flexibility index (Phi) is 5.28. The molecule has 0 radical (unpaired) electrons. The Bertz CT molecular complexity index is 1010. The minimum absolute atomic E-state index is 0.100. The van der Waals surface area contributed by atoms with E-state index in [0.717, 1.165) is 4.47 Å². The smallest absolute Gasteiger partial charge is 0.267 e. The molecular weight excluding hydrogens is 410 g/mol. The number of carbonyl (C=O) groups excluding carboxylic acids is 2. The highest BCUT2D eigenvalue weighted by molar-refractivity contribution is 9.10. The summed E-state index contributed by atoms with van der Waals surface area (Å²) in [5, 5.41) is 12.3. The highest BCUT2D eigenvalue weighted by atomic mass is 79.9. The largest absolute Gasteiger partial charge is 0.495 e. The van der Waals surface area contributed by atoms with Gasteiger partial charge >= 0.3 is 0 Å². The first-order valence-corrected chi connectivity index (χ1v) is 9.01. The fraction of sp³-hybridized carbons (Fsp3) is 0.150. The zero-order valence-electron chi connectivity index (χ0n) is 14.7. The van der Waals surface area contributed by atoms with Crippen LogP contribution < -0.4 is 15.0 Å². The normalized spacial score (nSPS) is 14.4. The second kappa shape index (κ2) is 7.64. The number of methoxy groups -OCH3 is 1. The lowest BCUT2D eigenvalue weighted by molar-refractivity contribution is -0.114. The van der Waals surface area contributed by atoms with E-state index in [2.05, 4.69) is 21.2 Å². The summed E-state index contributed by atoms with van der Waals surface area (Å²) in [6, 6.07) is 14.1. The molecule has 0 saturated heterocycles. The Morgan fingerprint density at radius 2 is 2.04 bits per heavy atom. The number of hydrogen-bond acceptors (Lipinski definition) is 4. The number of para-hydroxylation sites is 2. The van der Waals surface area contributed by atoms with Crippen LogP contribution in [0.2, 0.25) is 0 Å². The van der Waals surface area contributed by atoms with Gasteiger partial charge in [0.05, 0.1) is 24.1 Å². The first kappa shape index (κ1) is 18.7. The van der Waals surface area contributed by atoms with Crippen molar-refractivity contribution >= 4 is 44.7 Å². The number of nitrogens with zero attached hydrogens (tertiary/aromatic N) is 2. The average molecular weight is 426 g/mol. The molecule has 0 aromatic heterocycles. The van der Waals surface area contributed by atoms with E-state index in [-0.39, 0.29) is 17.1 Å². The molecule has 0 fully saturated rings. The summed E-state index contributed by atoms with van der Waals surface area (Å²) >= 11 is 3.38. The number of rotatable bonds is 4. The monoisotopic (exact) mass is 425 g/mol. The molecule has 2 aromatic rings. The van der Waals surface area contributed by atoms with E-state index in [1.165, 1.54) is 7.11 Å². The molecule has 1 N–H and O–H groups in total. The van der Waals surface area contributed by atoms with Crippen LogP contribution in [0, 0.1) is 11.3 Å². The fourth-order valence-electron chi connectivity index (χ4n) is 3.01. The summed E-state index contributed by atoms with van der Waals surface area (Å²) in [6.07, 6.45) is 0. The van der Waals surface area contributed by atoms with Crippen LogP contribution in [0.4, 0.5) is 11.4 Å². The van der Waals surface area contributed by atoms with Gasteiger partial charge in [-0.25, -0.2) is 0 Å². The molecule has 0 bridgehead atoms. The molecule has 7 heteroatoms. The molecule has 0 aliphatic carbocycles. The number of nitrogens with one attached hydrogen (secondary N) is 1. The Balaban J connectivity index is 2.10. The lowest BCUT2D eigenvalue weighted by atomic mass is 10.0. The fourth-order valence-corrected chi connectivity index (χ4v) is 3.37. The number of nitriles is 1. The van der Waals surface area contributed by atoms with Crippen LogP contribution in [0.25, 0.3) is 5.57 Å². The van der Waals surface area contributed by atoms with Gasteiger partial charge in [0.2, 0.25) is 0 Å². The molecule has 0 atom stereocenters. The molecule has 1 heterocycles. The first-order chi connectivity index (χ1) is 13.0. The molecule has 1 aliphatic rings. The van der Waals surface area contributed by atoms with E-state index in [1.807, 2.05) is 19.1 Å². The van der Waals surface area contributed by atoms with Crippen molar-refractivity contribution in [1.82, 2.24) is 0 Å². The Hall–Kier alpha value is -3.11. The van der Waals surface area contributed by atoms with Crippen LogP contribution in [-0.4, -0.2) is 25.5 Å². The molecule has 0 unspecified atom stereocenters. The van der Waals surface area contributed by atoms with E-state index in [1.54, 1.807) is 41.3 Å². The van der Waals surface area contributed by atoms with E-state index in [0.29, 0.717) is 29.2 Å². The van der Waals surface area contributed by atoms with Gasteiger partial charge in [-0.2, -0.15) is 5.26 Å². The second-order valence-electron chi connectivity index (χ2n) is 5.73. The molecule has 2 amide bonds. The third-order valence-electron chi connectivity index (χ3n) is 4.24. The Morgan fingerprint density at radius 1 is 1.30 bits per heavy atom. The number of carbonyl (C=O) groups is 2. The van der Waals surface area contributed by atoms with Crippen molar-refractivity contribution in [2.24, 2.45) is 0 Å². The Labute approximate surface area is 165 Å². The molecule has 0 saturated carbocycles. The number of benzene rings is 2. The van der Waals surface area contributed by atoms with Gasteiger partial charge in [0.1, 0.15) is 17.4 Å². The predicted octanol–water partition coefficient (Wildman–Crippen LogP) is 3.74. The maximum atomic E-state index is 12.9. The molecule has 6 nitrogen and oxygen atoms in total. The molecule has 3 rings (SSSR count). The van der Waals surface area contributed by atoms with E-state index >= 15 is 0 Å². The van der Waals surface area contributed by atoms with Crippen molar-refractivity contribution < 1.29 is 14.3 Å². The number of anilines is 2. The molecule has 1 aliphatic heterocycles. The number of amides is 2. The van der Waals surface area contributed by atoms with Crippen LogP contribution >= 0.6 is 15.9 Å². The summed E-state index contributed by atoms with van der Waals surface area (Å²) in [7, 11) is 1.49. The van der Waals surface area contributed by atoms with Crippen molar-refractivity contribution in [3.8, 4) is 11.8 Å². The predicted molar refractivity (Wildman–Crippen MR) is 106 cm³/mol. The number of halogens is 1. The van der Waals surface area contributed by atoms with Gasteiger partial charge in [-0.05, 0) is 37.3 Å². The second-order valence-corrected chi connectivity index (χ2v) is 6.64. The number of ether oxygens (including phenoxy) is 1. The lowest BCUT2D eigenvalue weighted by Crippen LogP contribution is -2.27. The minimum Gasteiger partial charge on any atom is -0.495 e.